The van der Waals surface area contributed by atoms with E-state index in [9.17, 15) is 4.39 Å². The molecule has 0 aromatic carbocycles. The van der Waals surface area contributed by atoms with Crippen molar-refractivity contribution in [2.45, 2.75) is 0 Å². The fourth-order valence-corrected chi connectivity index (χ4v) is 0.611. The molecule has 0 aliphatic heterocycles. The summed E-state index contributed by atoms with van der Waals surface area (Å²) < 4.78 is 12.6. The van der Waals surface area contributed by atoms with Crippen molar-refractivity contribution in [3.8, 4) is 0 Å². The first-order valence-electron chi connectivity index (χ1n) is 2.78. The van der Waals surface area contributed by atoms with Gasteiger partial charge in [0.05, 0.1) is 0 Å². The van der Waals surface area contributed by atoms with Crippen LogP contribution >= 0.6 is 0 Å². The summed E-state index contributed by atoms with van der Waals surface area (Å²) in [5.41, 5.74) is 5.57. The van der Waals surface area contributed by atoms with E-state index in [1.54, 1.807) is 0 Å². The van der Waals surface area contributed by atoms with Crippen molar-refractivity contribution < 1.29 is 4.39 Å². The molecule has 1 aromatic rings. The molecule has 52 valence electrons. The second-order valence-corrected chi connectivity index (χ2v) is 1.82. The Morgan fingerprint density at radius 2 is 2.30 bits per heavy atom. The first-order valence-corrected chi connectivity index (χ1v) is 2.78. The first kappa shape index (κ1) is 6.74. The Hall–Kier alpha value is -1.38. The molecule has 0 unspecified atom stereocenters. The molecule has 1 heterocycles. The van der Waals surface area contributed by atoms with E-state index in [1.165, 1.54) is 18.2 Å². The van der Waals surface area contributed by atoms with Gasteiger partial charge in [0.25, 0.3) is 0 Å². The summed E-state index contributed by atoms with van der Waals surface area (Å²) in [7, 11) is 0. The molecule has 0 fully saturated rings. The summed E-state index contributed by atoms with van der Waals surface area (Å²) in [4.78, 5) is 3.38. The van der Waals surface area contributed by atoms with Crippen molar-refractivity contribution in [3.63, 3.8) is 0 Å². The van der Waals surface area contributed by atoms with E-state index in [1.807, 2.05) is 0 Å². The van der Waals surface area contributed by atoms with Crippen LogP contribution in [0, 0.1) is 5.95 Å². The van der Waals surface area contributed by atoms with Crippen molar-refractivity contribution in [3.05, 3.63) is 30.2 Å². The Labute approximate surface area is 58.2 Å². The summed E-state index contributed by atoms with van der Waals surface area (Å²) in [6.45, 7) is 3.40. The number of hydrogen-bond donors (Lipinski definition) is 1. The molecule has 0 saturated heterocycles. The Balaban J connectivity index is 3.19. The van der Waals surface area contributed by atoms with Gasteiger partial charge in [0, 0.05) is 5.56 Å². The maximum atomic E-state index is 12.6. The standard InChI is InChI=1S/C7H7FN2/c1-2-5-3-4-6(9)10-7(5)8/h2-4H,1H2,(H2,9,10). The molecule has 3 heteroatoms. The molecule has 2 N–H and O–H groups in total. The van der Waals surface area contributed by atoms with Crippen LogP contribution in [-0.4, -0.2) is 4.98 Å². The average molecular weight is 138 g/mol. The van der Waals surface area contributed by atoms with Crippen LogP contribution < -0.4 is 5.73 Å². The zero-order valence-corrected chi connectivity index (χ0v) is 5.34. The Morgan fingerprint density at radius 3 is 2.80 bits per heavy atom. The zero-order valence-electron chi connectivity index (χ0n) is 5.34. The highest BCUT2D eigenvalue weighted by Crippen LogP contribution is 2.07. The number of hydrogen-bond acceptors (Lipinski definition) is 2. The minimum Gasteiger partial charge on any atom is -0.384 e. The molecule has 10 heavy (non-hydrogen) atoms. The lowest BCUT2D eigenvalue weighted by Crippen LogP contribution is -1.94. The number of aromatic nitrogens is 1. The van der Waals surface area contributed by atoms with Gasteiger partial charge < -0.3 is 5.73 Å². The molecule has 0 radical (unpaired) electrons. The average Bonchev–Trinajstić information content (AvgIpc) is 1.88. The maximum Gasteiger partial charge on any atom is 0.222 e. The Bertz CT molecular complexity index is 258. The Kier molecular flexibility index (Phi) is 1.67. The summed E-state index contributed by atoms with van der Waals surface area (Å²) >= 11 is 0. The first-order chi connectivity index (χ1) is 4.74. The van der Waals surface area contributed by atoms with E-state index in [4.69, 9.17) is 5.73 Å². The molecule has 1 aromatic heterocycles. The van der Waals surface area contributed by atoms with Crippen LogP contribution in [0.4, 0.5) is 10.2 Å². The highest BCUT2D eigenvalue weighted by Gasteiger charge is 1.97. The molecule has 0 spiro atoms. The minimum absolute atomic E-state index is 0.183. The molecule has 0 bridgehead atoms. The largest absolute Gasteiger partial charge is 0.384 e. The van der Waals surface area contributed by atoms with Crippen molar-refractivity contribution in [1.82, 2.24) is 4.98 Å². The third-order valence-electron chi connectivity index (χ3n) is 1.12. The smallest absolute Gasteiger partial charge is 0.222 e. The fourth-order valence-electron chi connectivity index (χ4n) is 0.611. The molecule has 0 atom stereocenters. The summed E-state index contributed by atoms with van der Waals surface area (Å²) in [5, 5.41) is 0. The third kappa shape index (κ3) is 1.13. The number of rotatable bonds is 1. The van der Waals surface area contributed by atoms with Crippen molar-refractivity contribution >= 4 is 11.9 Å². The van der Waals surface area contributed by atoms with Crippen molar-refractivity contribution in [2.24, 2.45) is 0 Å². The van der Waals surface area contributed by atoms with E-state index in [0.29, 0.717) is 5.56 Å². The van der Waals surface area contributed by atoms with Crippen LogP contribution in [0.25, 0.3) is 6.08 Å². The van der Waals surface area contributed by atoms with Gasteiger partial charge in [-0.3, -0.25) is 0 Å². The van der Waals surface area contributed by atoms with E-state index in [0.717, 1.165) is 0 Å². The van der Waals surface area contributed by atoms with Crippen LogP contribution in [0.3, 0.4) is 0 Å². The van der Waals surface area contributed by atoms with Crippen LogP contribution in [0.2, 0.25) is 0 Å². The van der Waals surface area contributed by atoms with Crippen LogP contribution in [0.15, 0.2) is 18.7 Å². The van der Waals surface area contributed by atoms with Crippen LogP contribution in [-0.2, 0) is 0 Å². The van der Waals surface area contributed by atoms with Gasteiger partial charge in [-0.15, -0.1) is 0 Å². The number of anilines is 1. The lowest BCUT2D eigenvalue weighted by molar-refractivity contribution is 0.583. The zero-order chi connectivity index (χ0) is 7.56. The molecular formula is C7H7FN2. The summed E-state index contributed by atoms with van der Waals surface area (Å²) in [6.07, 6.45) is 1.39. The molecule has 0 aliphatic rings. The fraction of sp³-hybridized carbons (Fsp3) is 0. The normalized spacial score (nSPS) is 9.30. The minimum atomic E-state index is -0.574. The van der Waals surface area contributed by atoms with E-state index >= 15 is 0 Å². The highest BCUT2D eigenvalue weighted by atomic mass is 19.1. The number of nitrogens with two attached hydrogens (primary N) is 1. The van der Waals surface area contributed by atoms with E-state index in [2.05, 4.69) is 11.6 Å². The quantitative estimate of drug-likeness (QED) is 0.596. The van der Waals surface area contributed by atoms with Gasteiger partial charge in [-0.1, -0.05) is 12.7 Å². The van der Waals surface area contributed by atoms with Crippen LogP contribution in [0.5, 0.6) is 0 Å². The topological polar surface area (TPSA) is 38.9 Å². The third-order valence-corrected chi connectivity index (χ3v) is 1.12. The monoisotopic (exact) mass is 138 g/mol. The predicted molar refractivity (Wildman–Crippen MR) is 38.7 cm³/mol. The maximum absolute atomic E-state index is 12.6. The highest BCUT2D eigenvalue weighted by molar-refractivity contribution is 5.48. The molecule has 0 amide bonds. The SMILES string of the molecule is C=Cc1ccc(N)nc1F. The molecule has 0 aliphatic carbocycles. The number of pyridine rings is 1. The molecule has 1 rings (SSSR count). The van der Waals surface area contributed by atoms with Gasteiger partial charge in [-0.05, 0) is 12.1 Å². The summed E-state index contributed by atoms with van der Waals surface area (Å²) in [6, 6.07) is 3.06. The van der Waals surface area contributed by atoms with Gasteiger partial charge in [0.15, 0.2) is 0 Å². The summed E-state index contributed by atoms with van der Waals surface area (Å²) in [5.74, 6) is -0.391. The lowest BCUT2D eigenvalue weighted by Gasteiger charge is -1.94. The second-order valence-electron chi connectivity index (χ2n) is 1.82. The van der Waals surface area contributed by atoms with Gasteiger partial charge in [0.1, 0.15) is 5.82 Å². The molecule has 0 saturated carbocycles. The number of nitrogen functional groups attached to an aromatic ring is 1. The van der Waals surface area contributed by atoms with E-state index < -0.39 is 5.95 Å². The van der Waals surface area contributed by atoms with Gasteiger partial charge in [-0.2, -0.15) is 4.39 Å². The van der Waals surface area contributed by atoms with Gasteiger partial charge >= 0.3 is 0 Å². The number of halogens is 1. The Morgan fingerprint density at radius 1 is 1.60 bits per heavy atom. The number of nitrogens with zero attached hydrogens (tertiary/aromatic N) is 1. The van der Waals surface area contributed by atoms with E-state index in [-0.39, 0.29) is 5.82 Å². The van der Waals surface area contributed by atoms with Crippen molar-refractivity contribution in [1.29, 1.82) is 0 Å². The molecule has 2 nitrogen and oxygen atoms in total. The predicted octanol–water partition coefficient (Wildman–Crippen LogP) is 1.45. The second kappa shape index (κ2) is 2.47. The van der Waals surface area contributed by atoms with Gasteiger partial charge in [0.2, 0.25) is 5.95 Å². The molecular weight excluding hydrogens is 131 g/mol. The van der Waals surface area contributed by atoms with Gasteiger partial charge in [-0.25, -0.2) is 4.98 Å². The van der Waals surface area contributed by atoms with Crippen molar-refractivity contribution in [2.75, 3.05) is 5.73 Å². The van der Waals surface area contributed by atoms with Crippen LogP contribution in [0.1, 0.15) is 5.56 Å². The lowest BCUT2D eigenvalue weighted by atomic mass is 10.3.